The van der Waals surface area contributed by atoms with Crippen molar-refractivity contribution in [2.45, 2.75) is 45.1 Å². The highest BCUT2D eigenvalue weighted by Gasteiger charge is 2.11. The van der Waals surface area contributed by atoms with Gasteiger partial charge in [-0.15, -0.1) is 11.8 Å². The van der Waals surface area contributed by atoms with Crippen molar-refractivity contribution in [2.24, 2.45) is 0 Å². The van der Waals surface area contributed by atoms with E-state index >= 15 is 0 Å². The summed E-state index contributed by atoms with van der Waals surface area (Å²) >= 11 is 1.28. The Balaban J connectivity index is 1.60. The van der Waals surface area contributed by atoms with Gasteiger partial charge < -0.3 is 14.8 Å². The van der Waals surface area contributed by atoms with E-state index in [2.05, 4.69) is 15.2 Å². The van der Waals surface area contributed by atoms with Gasteiger partial charge in [0.2, 0.25) is 11.8 Å². The number of hydrogen-bond donors (Lipinski definition) is 1. The third kappa shape index (κ3) is 10.3. The Labute approximate surface area is 177 Å². The first-order valence-electron chi connectivity index (χ1n) is 10.0. The molecule has 0 aliphatic carbocycles. The number of rotatable bonds is 11. The summed E-state index contributed by atoms with van der Waals surface area (Å²) in [6.45, 7) is 7.18. The summed E-state index contributed by atoms with van der Waals surface area (Å²) in [7, 11) is 0. The molecule has 1 fully saturated rings. The standard InChI is InChI=1S/C21H31N3O4S/c1-17(25)28-18(2)29-16-20(26)22-9-4-7-13-27-21-14-19(8-10-23-21)15-24-11-5-3-6-12-24/h4,7-8,10,14,18H,3,5-6,9,11-13,15-16H2,1-2H3,(H,22,26)/b7-4-. The second-order valence-electron chi connectivity index (χ2n) is 6.91. The van der Waals surface area contributed by atoms with Crippen LogP contribution in [-0.4, -0.2) is 59.2 Å². The molecule has 2 heterocycles. The third-order valence-electron chi connectivity index (χ3n) is 4.35. The second-order valence-corrected chi connectivity index (χ2v) is 8.20. The average Bonchev–Trinajstić information content (AvgIpc) is 2.69. The fourth-order valence-corrected chi connectivity index (χ4v) is 3.66. The number of ether oxygens (including phenoxy) is 2. The first kappa shape index (κ1) is 23.2. The van der Waals surface area contributed by atoms with E-state index in [0.717, 1.165) is 19.6 Å². The summed E-state index contributed by atoms with van der Waals surface area (Å²) in [5.74, 6) is 0.405. The molecule has 1 aliphatic heterocycles. The molecule has 7 nitrogen and oxygen atoms in total. The zero-order valence-electron chi connectivity index (χ0n) is 17.3. The van der Waals surface area contributed by atoms with Gasteiger partial charge in [0, 0.05) is 32.3 Å². The highest BCUT2D eigenvalue weighted by Crippen LogP contribution is 2.15. The quantitative estimate of drug-likeness (QED) is 0.334. The van der Waals surface area contributed by atoms with Crippen molar-refractivity contribution in [2.75, 3.05) is 32.0 Å². The lowest BCUT2D eigenvalue weighted by molar-refractivity contribution is -0.141. The van der Waals surface area contributed by atoms with E-state index in [1.165, 1.54) is 43.5 Å². The first-order valence-corrected chi connectivity index (χ1v) is 11.1. The number of nitrogens with one attached hydrogen (secondary N) is 1. The number of carbonyl (C=O) groups is 2. The van der Waals surface area contributed by atoms with E-state index < -0.39 is 0 Å². The predicted molar refractivity (Wildman–Crippen MR) is 115 cm³/mol. The van der Waals surface area contributed by atoms with Gasteiger partial charge in [-0.25, -0.2) is 4.98 Å². The van der Waals surface area contributed by atoms with Crippen LogP contribution in [0.3, 0.4) is 0 Å². The van der Waals surface area contributed by atoms with Gasteiger partial charge in [-0.2, -0.15) is 0 Å². The molecular weight excluding hydrogens is 390 g/mol. The lowest BCUT2D eigenvalue weighted by Gasteiger charge is -2.26. The fraction of sp³-hybridized carbons (Fsp3) is 0.571. The predicted octanol–water partition coefficient (Wildman–Crippen LogP) is 2.76. The van der Waals surface area contributed by atoms with Crippen molar-refractivity contribution in [1.82, 2.24) is 15.2 Å². The van der Waals surface area contributed by atoms with Gasteiger partial charge in [-0.05, 0) is 50.6 Å². The Hall–Kier alpha value is -2.06. The number of pyridine rings is 1. The molecule has 0 spiro atoms. The summed E-state index contributed by atoms with van der Waals surface area (Å²) in [4.78, 5) is 29.3. The number of amides is 1. The Morgan fingerprint density at radius 2 is 2.10 bits per heavy atom. The molecule has 0 bridgehead atoms. The van der Waals surface area contributed by atoms with E-state index in [-0.39, 0.29) is 23.1 Å². The van der Waals surface area contributed by atoms with Crippen LogP contribution >= 0.6 is 11.8 Å². The van der Waals surface area contributed by atoms with Gasteiger partial charge in [-0.3, -0.25) is 14.5 Å². The molecule has 1 atom stereocenters. The van der Waals surface area contributed by atoms with Crippen molar-refractivity contribution in [3.63, 3.8) is 0 Å². The van der Waals surface area contributed by atoms with Crippen molar-refractivity contribution in [1.29, 1.82) is 0 Å². The number of aromatic nitrogens is 1. The number of carbonyl (C=O) groups excluding carboxylic acids is 2. The molecule has 1 amide bonds. The van der Waals surface area contributed by atoms with Crippen LogP contribution in [0.25, 0.3) is 0 Å². The topological polar surface area (TPSA) is 80.8 Å². The van der Waals surface area contributed by atoms with E-state index in [4.69, 9.17) is 9.47 Å². The molecule has 2 rings (SSSR count). The van der Waals surface area contributed by atoms with Gasteiger partial charge >= 0.3 is 5.97 Å². The van der Waals surface area contributed by atoms with Gasteiger partial charge in [0.05, 0.1) is 5.75 Å². The van der Waals surface area contributed by atoms with Gasteiger partial charge in [-0.1, -0.05) is 12.5 Å². The minimum Gasteiger partial charge on any atom is -0.473 e. The number of hydrogen-bond acceptors (Lipinski definition) is 7. The average molecular weight is 422 g/mol. The summed E-state index contributed by atoms with van der Waals surface area (Å²) in [6.07, 6.45) is 9.37. The molecule has 1 aliphatic rings. The molecule has 8 heteroatoms. The van der Waals surface area contributed by atoms with Crippen molar-refractivity contribution in [3.8, 4) is 5.88 Å². The monoisotopic (exact) mass is 421 g/mol. The summed E-state index contributed by atoms with van der Waals surface area (Å²) < 4.78 is 10.6. The van der Waals surface area contributed by atoms with Gasteiger partial charge in [0.25, 0.3) is 0 Å². The first-order chi connectivity index (χ1) is 14.0. The van der Waals surface area contributed by atoms with Crippen LogP contribution in [0.1, 0.15) is 38.7 Å². The maximum absolute atomic E-state index is 11.7. The molecule has 0 saturated carbocycles. The largest absolute Gasteiger partial charge is 0.473 e. The molecule has 1 unspecified atom stereocenters. The molecule has 1 N–H and O–H groups in total. The van der Waals surface area contributed by atoms with Gasteiger partial charge in [0.1, 0.15) is 12.0 Å². The Morgan fingerprint density at radius 1 is 1.31 bits per heavy atom. The van der Waals surface area contributed by atoms with E-state index in [0.29, 0.717) is 19.0 Å². The Bertz CT molecular complexity index is 678. The smallest absolute Gasteiger partial charge is 0.303 e. The normalized spacial score (nSPS) is 15.8. The van der Waals surface area contributed by atoms with Crippen LogP contribution in [0, 0.1) is 0 Å². The lowest BCUT2D eigenvalue weighted by atomic mass is 10.1. The van der Waals surface area contributed by atoms with Crippen LogP contribution < -0.4 is 10.1 Å². The highest BCUT2D eigenvalue weighted by atomic mass is 32.2. The number of piperidine rings is 1. The van der Waals surface area contributed by atoms with Crippen molar-refractivity contribution >= 4 is 23.6 Å². The number of likely N-dealkylation sites (tertiary alicyclic amines) is 1. The summed E-state index contributed by atoms with van der Waals surface area (Å²) in [5, 5.41) is 2.78. The number of thioether (sulfide) groups is 1. The van der Waals surface area contributed by atoms with Crippen LogP contribution in [0.15, 0.2) is 30.5 Å². The van der Waals surface area contributed by atoms with Crippen LogP contribution in [-0.2, 0) is 20.9 Å². The van der Waals surface area contributed by atoms with Crippen LogP contribution in [0.4, 0.5) is 0 Å². The Morgan fingerprint density at radius 3 is 2.86 bits per heavy atom. The molecule has 29 heavy (non-hydrogen) atoms. The second kappa shape index (κ2) is 13.2. The SMILES string of the molecule is CC(=O)OC(C)SCC(=O)NC/C=C\COc1cc(CN2CCCCC2)ccn1. The minimum absolute atomic E-state index is 0.105. The molecular formula is C21H31N3O4S. The highest BCUT2D eigenvalue weighted by molar-refractivity contribution is 8.00. The molecule has 160 valence electrons. The fourth-order valence-electron chi connectivity index (χ4n) is 2.97. The minimum atomic E-state index is -0.347. The summed E-state index contributed by atoms with van der Waals surface area (Å²) in [6, 6.07) is 4.03. The molecule has 0 aromatic carbocycles. The van der Waals surface area contributed by atoms with E-state index in [9.17, 15) is 9.59 Å². The summed E-state index contributed by atoms with van der Waals surface area (Å²) in [5.41, 5.74) is 0.883. The van der Waals surface area contributed by atoms with Crippen molar-refractivity contribution < 1.29 is 19.1 Å². The number of nitrogens with zero attached hydrogens (tertiary/aromatic N) is 2. The maximum atomic E-state index is 11.7. The molecule has 1 aromatic heterocycles. The zero-order chi connectivity index (χ0) is 20.9. The van der Waals surface area contributed by atoms with Gasteiger partial charge in [0.15, 0.2) is 0 Å². The lowest BCUT2D eigenvalue weighted by Crippen LogP contribution is -2.29. The zero-order valence-corrected chi connectivity index (χ0v) is 18.1. The third-order valence-corrected chi connectivity index (χ3v) is 5.34. The Kier molecular flexibility index (Phi) is 10.6. The molecule has 0 radical (unpaired) electrons. The van der Waals surface area contributed by atoms with E-state index in [1.807, 2.05) is 24.3 Å². The van der Waals surface area contributed by atoms with Crippen LogP contribution in [0.2, 0.25) is 0 Å². The molecule has 1 saturated heterocycles. The van der Waals surface area contributed by atoms with Crippen LogP contribution in [0.5, 0.6) is 5.88 Å². The van der Waals surface area contributed by atoms with E-state index in [1.54, 1.807) is 13.1 Å². The van der Waals surface area contributed by atoms with Crippen molar-refractivity contribution in [3.05, 3.63) is 36.0 Å². The molecule has 1 aromatic rings. The maximum Gasteiger partial charge on any atom is 0.303 e. The number of esters is 1.